The molecule has 1 heterocycles. The van der Waals surface area contributed by atoms with Gasteiger partial charge in [0, 0.05) is 26.6 Å². The fourth-order valence-corrected chi connectivity index (χ4v) is 3.69. The molecule has 0 bridgehead atoms. The number of benzene rings is 1. The molecule has 1 unspecified atom stereocenters. The van der Waals surface area contributed by atoms with Crippen molar-refractivity contribution < 1.29 is 9.53 Å². The van der Waals surface area contributed by atoms with Crippen LogP contribution in [0.4, 0.5) is 0 Å². The average Bonchev–Trinajstić information content (AvgIpc) is 3.04. The Morgan fingerprint density at radius 1 is 1.20 bits per heavy atom. The number of methoxy groups -OCH3 is 1. The minimum absolute atomic E-state index is 0.317. The van der Waals surface area contributed by atoms with Crippen molar-refractivity contribution >= 4 is 5.91 Å². The summed E-state index contributed by atoms with van der Waals surface area (Å²) >= 11 is 0. The van der Waals surface area contributed by atoms with E-state index in [1.54, 1.807) is 7.11 Å². The lowest BCUT2D eigenvalue weighted by Gasteiger charge is -2.19. The predicted molar refractivity (Wildman–Crippen MR) is 78.4 cm³/mol. The van der Waals surface area contributed by atoms with Crippen LogP contribution in [0.1, 0.15) is 24.8 Å². The number of likely N-dealkylation sites (tertiary alicyclic amines) is 1. The Hall–Kier alpha value is -1.35. The van der Waals surface area contributed by atoms with Crippen molar-refractivity contribution in [2.45, 2.75) is 31.8 Å². The molecule has 0 N–H and O–H groups in total. The SMILES string of the molecule is COC1C[C@@H]2CN(C(=O)CCc3ccccc3)C[C@@H]2C1. The molecule has 0 spiro atoms. The Morgan fingerprint density at radius 2 is 1.85 bits per heavy atom. The van der Waals surface area contributed by atoms with Gasteiger partial charge in [-0.3, -0.25) is 4.79 Å². The summed E-state index contributed by atoms with van der Waals surface area (Å²) in [6, 6.07) is 10.3. The Kier molecular flexibility index (Phi) is 4.06. The summed E-state index contributed by atoms with van der Waals surface area (Å²) in [6.07, 6.45) is 4.17. The molecule has 3 nitrogen and oxygen atoms in total. The van der Waals surface area contributed by atoms with E-state index in [-0.39, 0.29) is 0 Å². The summed E-state index contributed by atoms with van der Waals surface area (Å²) in [4.78, 5) is 14.4. The van der Waals surface area contributed by atoms with E-state index in [1.165, 1.54) is 5.56 Å². The third-order valence-electron chi connectivity index (χ3n) is 4.86. The zero-order valence-electron chi connectivity index (χ0n) is 12.1. The van der Waals surface area contributed by atoms with Gasteiger partial charge in [-0.15, -0.1) is 0 Å². The van der Waals surface area contributed by atoms with Crippen LogP contribution in [0, 0.1) is 11.8 Å². The molecule has 108 valence electrons. The van der Waals surface area contributed by atoms with Gasteiger partial charge in [0.15, 0.2) is 0 Å². The second kappa shape index (κ2) is 5.96. The number of carbonyl (C=O) groups is 1. The van der Waals surface area contributed by atoms with Gasteiger partial charge in [-0.25, -0.2) is 0 Å². The summed E-state index contributed by atoms with van der Waals surface area (Å²) in [5, 5.41) is 0. The van der Waals surface area contributed by atoms with Gasteiger partial charge in [0.1, 0.15) is 0 Å². The van der Waals surface area contributed by atoms with Gasteiger partial charge in [0.05, 0.1) is 6.10 Å². The zero-order valence-corrected chi connectivity index (χ0v) is 12.1. The molecular formula is C17H23NO2. The van der Waals surface area contributed by atoms with Crippen molar-refractivity contribution in [3.8, 4) is 0 Å². The van der Waals surface area contributed by atoms with Crippen LogP contribution >= 0.6 is 0 Å². The van der Waals surface area contributed by atoms with Crippen molar-refractivity contribution in [3.63, 3.8) is 0 Å². The molecule has 3 rings (SSSR count). The number of amides is 1. The van der Waals surface area contributed by atoms with Gasteiger partial charge in [-0.05, 0) is 36.7 Å². The van der Waals surface area contributed by atoms with Crippen LogP contribution in [0.2, 0.25) is 0 Å². The van der Waals surface area contributed by atoms with E-state index in [2.05, 4.69) is 17.0 Å². The van der Waals surface area contributed by atoms with Crippen molar-refractivity contribution in [2.24, 2.45) is 11.8 Å². The number of hydrogen-bond donors (Lipinski definition) is 0. The standard InChI is InChI=1S/C17H23NO2/c1-20-16-9-14-11-18(12-15(14)10-16)17(19)8-7-13-5-3-2-4-6-13/h2-6,14-16H,7-12H2,1H3/t14-,15+,16?. The van der Waals surface area contributed by atoms with Crippen LogP contribution in [0.25, 0.3) is 0 Å². The molecule has 3 atom stereocenters. The zero-order chi connectivity index (χ0) is 13.9. The molecule has 1 aromatic carbocycles. The number of nitrogens with zero attached hydrogens (tertiary/aromatic N) is 1. The number of ether oxygens (including phenoxy) is 1. The summed E-state index contributed by atoms with van der Waals surface area (Å²) in [5.41, 5.74) is 1.25. The monoisotopic (exact) mass is 273 g/mol. The molecule has 1 saturated heterocycles. The van der Waals surface area contributed by atoms with E-state index >= 15 is 0 Å². The summed E-state index contributed by atoms with van der Waals surface area (Å²) < 4.78 is 5.45. The van der Waals surface area contributed by atoms with E-state index in [0.29, 0.717) is 30.3 Å². The third kappa shape index (κ3) is 2.88. The highest BCUT2D eigenvalue weighted by molar-refractivity contribution is 5.76. The molecule has 2 fully saturated rings. The van der Waals surface area contributed by atoms with Gasteiger partial charge in [0.25, 0.3) is 0 Å². The molecule has 1 aliphatic heterocycles. The van der Waals surface area contributed by atoms with E-state index < -0.39 is 0 Å². The van der Waals surface area contributed by atoms with Crippen LogP contribution in [0.5, 0.6) is 0 Å². The van der Waals surface area contributed by atoms with Gasteiger partial charge in [0.2, 0.25) is 5.91 Å². The number of carbonyl (C=O) groups excluding carboxylic acids is 1. The Morgan fingerprint density at radius 3 is 2.45 bits per heavy atom. The molecule has 20 heavy (non-hydrogen) atoms. The Bertz CT molecular complexity index is 445. The molecule has 1 amide bonds. The van der Waals surface area contributed by atoms with Gasteiger partial charge < -0.3 is 9.64 Å². The lowest BCUT2D eigenvalue weighted by molar-refractivity contribution is -0.130. The Labute approximate surface area is 120 Å². The summed E-state index contributed by atoms with van der Waals surface area (Å²) in [6.45, 7) is 1.89. The van der Waals surface area contributed by atoms with Crippen molar-refractivity contribution in [1.82, 2.24) is 4.90 Å². The number of fused-ring (bicyclic) bond motifs is 1. The second-order valence-electron chi connectivity index (χ2n) is 6.13. The molecule has 0 aromatic heterocycles. The highest BCUT2D eigenvalue weighted by Crippen LogP contribution is 2.39. The Balaban J connectivity index is 1.48. The maximum atomic E-state index is 12.3. The van der Waals surface area contributed by atoms with Crippen LogP contribution in [-0.2, 0) is 16.0 Å². The van der Waals surface area contributed by atoms with Gasteiger partial charge in [-0.2, -0.15) is 0 Å². The molecule has 1 aromatic rings. The lowest BCUT2D eigenvalue weighted by atomic mass is 10.0. The minimum atomic E-state index is 0.317. The normalized spacial score (nSPS) is 28.6. The highest BCUT2D eigenvalue weighted by atomic mass is 16.5. The fraction of sp³-hybridized carbons (Fsp3) is 0.588. The fourth-order valence-electron chi connectivity index (χ4n) is 3.69. The van der Waals surface area contributed by atoms with E-state index in [9.17, 15) is 4.79 Å². The largest absolute Gasteiger partial charge is 0.381 e. The molecule has 1 aliphatic carbocycles. The van der Waals surface area contributed by atoms with E-state index in [0.717, 1.165) is 32.4 Å². The number of hydrogen-bond acceptors (Lipinski definition) is 2. The predicted octanol–water partition coefficient (Wildman–Crippen LogP) is 2.50. The smallest absolute Gasteiger partial charge is 0.222 e. The number of rotatable bonds is 4. The molecular weight excluding hydrogens is 250 g/mol. The first-order chi connectivity index (χ1) is 9.76. The average molecular weight is 273 g/mol. The van der Waals surface area contributed by atoms with Crippen LogP contribution in [0.3, 0.4) is 0 Å². The summed E-state index contributed by atoms with van der Waals surface area (Å²) in [7, 11) is 1.80. The van der Waals surface area contributed by atoms with Crippen LogP contribution in [0.15, 0.2) is 30.3 Å². The highest BCUT2D eigenvalue weighted by Gasteiger charge is 2.42. The van der Waals surface area contributed by atoms with Crippen molar-refractivity contribution in [2.75, 3.05) is 20.2 Å². The molecule has 0 radical (unpaired) electrons. The molecule has 2 aliphatic rings. The second-order valence-corrected chi connectivity index (χ2v) is 6.13. The van der Waals surface area contributed by atoms with Gasteiger partial charge in [-0.1, -0.05) is 30.3 Å². The first-order valence-electron chi connectivity index (χ1n) is 7.60. The van der Waals surface area contributed by atoms with Gasteiger partial charge >= 0.3 is 0 Å². The van der Waals surface area contributed by atoms with E-state index in [4.69, 9.17) is 4.74 Å². The number of aryl methyl sites for hydroxylation is 1. The lowest BCUT2D eigenvalue weighted by Crippen LogP contribution is -2.30. The minimum Gasteiger partial charge on any atom is -0.381 e. The topological polar surface area (TPSA) is 29.5 Å². The molecule has 1 saturated carbocycles. The summed E-state index contributed by atoms with van der Waals surface area (Å²) in [5.74, 6) is 1.65. The quantitative estimate of drug-likeness (QED) is 0.843. The first kappa shape index (κ1) is 13.6. The third-order valence-corrected chi connectivity index (χ3v) is 4.86. The maximum Gasteiger partial charge on any atom is 0.222 e. The maximum absolute atomic E-state index is 12.3. The van der Waals surface area contributed by atoms with Crippen molar-refractivity contribution in [3.05, 3.63) is 35.9 Å². The molecule has 3 heteroatoms. The van der Waals surface area contributed by atoms with Crippen LogP contribution in [-0.4, -0.2) is 37.1 Å². The van der Waals surface area contributed by atoms with Crippen molar-refractivity contribution in [1.29, 1.82) is 0 Å². The first-order valence-corrected chi connectivity index (χ1v) is 7.60. The van der Waals surface area contributed by atoms with Crippen LogP contribution < -0.4 is 0 Å². The van der Waals surface area contributed by atoms with E-state index in [1.807, 2.05) is 18.2 Å².